The van der Waals surface area contributed by atoms with Crippen molar-refractivity contribution in [1.82, 2.24) is 0 Å². The van der Waals surface area contributed by atoms with Gasteiger partial charge in [0, 0.05) is 11.1 Å². The molecule has 0 aliphatic carbocycles. The molecule has 9 heteroatoms. The summed E-state index contributed by atoms with van der Waals surface area (Å²) in [5.41, 5.74) is 2.72. The summed E-state index contributed by atoms with van der Waals surface area (Å²) in [7, 11) is 0. The van der Waals surface area contributed by atoms with Crippen molar-refractivity contribution in [3.05, 3.63) is 115 Å². The van der Waals surface area contributed by atoms with Gasteiger partial charge in [0.15, 0.2) is 6.10 Å². The summed E-state index contributed by atoms with van der Waals surface area (Å²) in [5.74, 6) is 0.910. The van der Waals surface area contributed by atoms with Crippen molar-refractivity contribution in [2.45, 2.75) is 36.8 Å². The van der Waals surface area contributed by atoms with Crippen LogP contribution in [0.5, 0.6) is 11.5 Å². The first-order valence-electron chi connectivity index (χ1n) is 10.8. The fourth-order valence-corrected chi connectivity index (χ4v) is 5.10. The van der Waals surface area contributed by atoms with Crippen molar-refractivity contribution in [2.24, 2.45) is 0 Å². The molecule has 0 amide bonds. The van der Waals surface area contributed by atoms with Crippen molar-refractivity contribution < 1.29 is 24.6 Å². The Labute approximate surface area is 221 Å². The monoisotopic (exact) mass is 607 g/mol. The number of allylic oxidation sites excluding steroid dienone is 1. The molecule has 182 valence electrons. The summed E-state index contributed by atoms with van der Waals surface area (Å²) in [5, 5.41) is 33.0. The number of alkyl halides is 1. The molecule has 0 unspecified atom stereocenters. The number of rotatable bonds is 8. The number of nitrogens with zero attached hydrogens (tertiary/aromatic N) is 1. The van der Waals surface area contributed by atoms with Gasteiger partial charge in [-0.15, -0.1) is 6.58 Å². The standard InChI is InChI=1S/C26H23ClINO6/c1-2-6-18-11-17(14-30)12-20-23(18)35-25(26(27,24(20)31)29(32)33)19-9-10-22(21(28)13-19)34-15-16-7-4-3-5-8-16/h2-5,7-13,24-25,30-31H,1,6,14-15H2/t24-,25-,26+/m0/s1. The van der Waals surface area contributed by atoms with E-state index in [0.29, 0.717) is 44.8 Å². The van der Waals surface area contributed by atoms with Crippen LogP contribution in [-0.4, -0.2) is 20.1 Å². The van der Waals surface area contributed by atoms with Gasteiger partial charge in [-0.3, -0.25) is 10.1 Å². The van der Waals surface area contributed by atoms with Crippen LogP contribution in [0.2, 0.25) is 0 Å². The zero-order valence-corrected chi connectivity index (χ0v) is 21.5. The molecule has 3 aromatic carbocycles. The smallest absolute Gasteiger partial charge is 0.364 e. The van der Waals surface area contributed by atoms with Crippen molar-refractivity contribution in [3.63, 3.8) is 0 Å². The third-order valence-corrected chi connectivity index (χ3v) is 7.24. The second-order valence-corrected chi connectivity index (χ2v) is 9.94. The molecule has 3 aromatic rings. The van der Waals surface area contributed by atoms with Crippen LogP contribution in [0.25, 0.3) is 0 Å². The van der Waals surface area contributed by atoms with Gasteiger partial charge in [-0.05, 0) is 81.6 Å². The highest BCUT2D eigenvalue weighted by molar-refractivity contribution is 14.1. The maximum Gasteiger partial charge on any atom is 0.364 e. The van der Waals surface area contributed by atoms with E-state index in [9.17, 15) is 20.3 Å². The Morgan fingerprint density at radius 2 is 1.94 bits per heavy atom. The molecule has 1 aliphatic rings. The van der Waals surface area contributed by atoms with Gasteiger partial charge in [0.25, 0.3) is 0 Å². The first-order valence-corrected chi connectivity index (χ1v) is 12.3. The molecular formula is C26H23ClINO6. The maximum atomic E-state index is 12.2. The molecule has 3 atom stereocenters. The minimum atomic E-state index is -2.39. The van der Waals surface area contributed by atoms with E-state index < -0.39 is 22.1 Å². The molecule has 0 fully saturated rings. The largest absolute Gasteiger partial charge is 0.488 e. The molecule has 0 saturated carbocycles. The number of hydrogen-bond donors (Lipinski definition) is 2. The predicted molar refractivity (Wildman–Crippen MR) is 140 cm³/mol. The lowest BCUT2D eigenvalue weighted by atomic mass is 9.87. The number of nitro groups is 1. The van der Waals surface area contributed by atoms with E-state index in [0.717, 1.165) is 5.56 Å². The zero-order chi connectivity index (χ0) is 25.2. The molecule has 2 N–H and O–H groups in total. The molecule has 35 heavy (non-hydrogen) atoms. The molecule has 4 rings (SSSR count). The highest BCUT2D eigenvalue weighted by Crippen LogP contribution is 2.53. The number of halogens is 2. The van der Waals surface area contributed by atoms with Gasteiger partial charge in [0.05, 0.1) is 15.1 Å². The molecule has 1 aliphatic heterocycles. The topological polar surface area (TPSA) is 102 Å². The van der Waals surface area contributed by atoms with E-state index in [4.69, 9.17) is 21.1 Å². The second-order valence-electron chi connectivity index (χ2n) is 8.17. The minimum Gasteiger partial charge on any atom is -0.488 e. The van der Waals surface area contributed by atoms with Crippen molar-refractivity contribution in [1.29, 1.82) is 0 Å². The van der Waals surface area contributed by atoms with Gasteiger partial charge in [-0.2, -0.15) is 0 Å². The van der Waals surface area contributed by atoms with Crippen LogP contribution < -0.4 is 9.47 Å². The quantitative estimate of drug-likeness (QED) is 0.0880. The van der Waals surface area contributed by atoms with Crippen LogP contribution in [0.15, 0.2) is 73.3 Å². The second kappa shape index (κ2) is 10.5. The average Bonchev–Trinajstić information content (AvgIpc) is 2.86. The lowest BCUT2D eigenvalue weighted by Gasteiger charge is -2.38. The lowest BCUT2D eigenvalue weighted by molar-refractivity contribution is -0.570. The van der Waals surface area contributed by atoms with E-state index in [2.05, 4.69) is 29.2 Å². The first-order chi connectivity index (χ1) is 16.8. The van der Waals surface area contributed by atoms with E-state index in [1.807, 2.05) is 30.3 Å². The molecule has 0 aromatic heterocycles. The molecule has 0 spiro atoms. The summed E-state index contributed by atoms with van der Waals surface area (Å²) >= 11 is 8.65. The number of ether oxygens (including phenoxy) is 2. The Morgan fingerprint density at radius 1 is 1.20 bits per heavy atom. The maximum absolute atomic E-state index is 12.2. The van der Waals surface area contributed by atoms with Crippen LogP contribution in [0.1, 0.15) is 40.0 Å². The molecule has 0 bridgehead atoms. The summed E-state index contributed by atoms with van der Waals surface area (Å²) in [6, 6.07) is 18.0. The molecule has 0 radical (unpaired) electrons. The fraction of sp³-hybridized carbons (Fsp3) is 0.231. The Morgan fingerprint density at radius 3 is 2.57 bits per heavy atom. The van der Waals surface area contributed by atoms with Crippen LogP contribution in [0.4, 0.5) is 0 Å². The SMILES string of the molecule is C=CCc1cc(CO)cc2c1O[C@@H](c1ccc(OCc3ccccc3)c(I)c1)[C@](Cl)([N+](=O)[O-])[C@H]2O. The van der Waals surface area contributed by atoms with Gasteiger partial charge in [0.2, 0.25) is 6.10 Å². The summed E-state index contributed by atoms with van der Waals surface area (Å²) in [4.78, 5) is 9.09. The molecule has 0 saturated heterocycles. The van der Waals surface area contributed by atoms with Crippen LogP contribution >= 0.6 is 34.2 Å². The van der Waals surface area contributed by atoms with Gasteiger partial charge in [-0.1, -0.05) is 42.5 Å². The zero-order valence-electron chi connectivity index (χ0n) is 18.6. The van der Waals surface area contributed by atoms with Gasteiger partial charge >= 0.3 is 5.00 Å². The lowest BCUT2D eigenvalue weighted by Crippen LogP contribution is -2.49. The third-order valence-electron chi connectivity index (χ3n) is 5.86. The van der Waals surface area contributed by atoms with E-state index in [1.54, 1.807) is 30.3 Å². The summed E-state index contributed by atoms with van der Waals surface area (Å²) in [6.07, 6.45) is -0.941. The van der Waals surface area contributed by atoms with Crippen molar-refractivity contribution in [3.8, 4) is 11.5 Å². The Kier molecular flexibility index (Phi) is 7.65. The van der Waals surface area contributed by atoms with Gasteiger partial charge in [-0.25, -0.2) is 0 Å². The molecule has 7 nitrogen and oxygen atoms in total. The van der Waals surface area contributed by atoms with Gasteiger partial charge in [0.1, 0.15) is 18.1 Å². The van der Waals surface area contributed by atoms with E-state index >= 15 is 0 Å². The number of fused-ring (bicyclic) bond motifs is 1. The van der Waals surface area contributed by atoms with Crippen molar-refractivity contribution in [2.75, 3.05) is 0 Å². The van der Waals surface area contributed by atoms with E-state index in [1.165, 1.54) is 6.07 Å². The van der Waals surface area contributed by atoms with Crippen LogP contribution in [0, 0.1) is 13.7 Å². The fourth-order valence-electron chi connectivity index (χ4n) is 4.12. The minimum absolute atomic E-state index is 0.161. The van der Waals surface area contributed by atoms with Gasteiger partial charge < -0.3 is 19.7 Å². The number of hydrogen-bond acceptors (Lipinski definition) is 6. The number of aliphatic hydroxyl groups is 2. The van der Waals surface area contributed by atoms with Crippen molar-refractivity contribution >= 4 is 34.2 Å². The van der Waals surface area contributed by atoms with Crippen LogP contribution in [0.3, 0.4) is 0 Å². The Balaban J connectivity index is 1.73. The highest BCUT2D eigenvalue weighted by atomic mass is 127. The average molecular weight is 608 g/mol. The predicted octanol–water partition coefficient (Wildman–Crippen LogP) is 5.47. The Hall–Kier alpha value is -2.66. The molecule has 1 heterocycles. The summed E-state index contributed by atoms with van der Waals surface area (Å²) in [6.45, 7) is 3.81. The van der Waals surface area contributed by atoms with Crippen LogP contribution in [-0.2, 0) is 19.6 Å². The van der Waals surface area contributed by atoms with E-state index in [-0.39, 0.29) is 12.2 Å². The molecular weight excluding hydrogens is 585 g/mol. The normalized spacial score (nSPS) is 21.0. The number of aliphatic hydroxyl groups excluding tert-OH is 2. The highest BCUT2D eigenvalue weighted by Gasteiger charge is 2.62. The number of benzene rings is 3. The first kappa shape index (κ1) is 25.4. The summed E-state index contributed by atoms with van der Waals surface area (Å²) < 4.78 is 12.8. The third kappa shape index (κ3) is 4.88. The Bertz CT molecular complexity index is 1250.